The summed E-state index contributed by atoms with van der Waals surface area (Å²) in [7, 11) is 1.42. The van der Waals surface area contributed by atoms with E-state index in [1.165, 1.54) is 11.9 Å². The van der Waals surface area contributed by atoms with E-state index in [2.05, 4.69) is 0 Å². The standard InChI is InChI=1S/C13H19F3N2O/c1-18(10-13(14,15)16)8-9-19-12-4-2-11(3-5-12)6-7-17/h2-5H,6-10,17H2,1H3. The van der Waals surface area contributed by atoms with Crippen molar-refractivity contribution in [3.05, 3.63) is 29.8 Å². The molecule has 0 heterocycles. The average Bonchev–Trinajstić information content (AvgIpc) is 2.29. The van der Waals surface area contributed by atoms with Crippen molar-refractivity contribution in [1.29, 1.82) is 0 Å². The van der Waals surface area contributed by atoms with Gasteiger partial charge in [-0.15, -0.1) is 0 Å². The molecule has 0 saturated carbocycles. The molecular formula is C13H19F3N2O. The fourth-order valence-electron chi connectivity index (χ4n) is 1.62. The van der Waals surface area contributed by atoms with Crippen molar-refractivity contribution in [2.75, 3.05) is 33.3 Å². The second kappa shape index (κ2) is 7.35. The van der Waals surface area contributed by atoms with Gasteiger partial charge in [-0.1, -0.05) is 12.1 Å². The van der Waals surface area contributed by atoms with Gasteiger partial charge in [-0.2, -0.15) is 13.2 Å². The second-order valence-electron chi connectivity index (χ2n) is 4.38. The molecule has 0 saturated heterocycles. The Morgan fingerprint density at radius 1 is 1.21 bits per heavy atom. The van der Waals surface area contributed by atoms with Gasteiger partial charge in [0.05, 0.1) is 6.54 Å². The molecule has 0 amide bonds. The lowest BCUT2D eigenvalue weighted by molar-refractivity contribution is -0.143. The fourth-order valence-corrected chi connectivity index (χ4v) is 1.62. The second-order valence-corrected chi connectivity index (χ2v) is 4.38. The smallest absolute Gasteiger partial charge is 0.401 e. The summed E-state index contributed by atoms with van der Waals surface area (Å²) in [5, 5.41) is 0. The number of nitrogens with zero attached hydrogens (tertiary/aromatic N) is 1. The molecule has 0 aliphatic carbocycles. The zero-order chi connectivity index (χ0) is 14.3. The SMILES string of the molecule is CN(CCOc1ccc(CCN)cc1)CC(F)(F)F. The van der Waals surface area contributed by atoms with Crippen LogP contribution in [0.25, 0.3) is 0 Å². The van der Waals surface area contributed by atoms with Crippen LogP contribution in [0.2, 0.25) is 0 Å². The van der Waals surface area contributed by atoms with Crippen molar-refractivity contribution < 1.29 is 17.9 Å². The number of rotatable bonds is 7. The monoisotopic (exact) mass is 276 g/mol. The van der Waals surface area contributed by atoms with Crippen molar-refractivity contribution in [3.63, 3.8) is 0 Å². The first-order valence-corrected chi connectivity index (χ1v) is 6.08. The van der Waals surface area contributed by atoms with Gasteiger partial charge in [0.15, 0.2) is 0 Å². The van der Waals surface area contributed by atoms with Crippen LogP contribution in [0.3, 0.4) is 0 Å². The number of nitrogens with two attached hydrogens (primary N) is 1. The van der Waals surface area contributed by atoms with Gasteiger partial charge in [-0.25, -0.2) is 0 Å². The van der Waals surface area contributed by atoms with E-state index in [1.54, 1.807) is 12.1 Å². The van der Waals surface area contributed by atoms with Crippen LogP contribution in [0, 0.1) is 0 Å². The van der Waals surface area contributed by atoms with Crippen molar-refractivity contribution >= 4 is 0 Å². The summed E-state index contributed by atoms with van der Waals surface area (Å²) in [6, 6.07) is 7.41. The Morgan fingerprint density at radius 3 is 2.37 bits per heavy atom. The van der Waals surface area contributed by atoms with Gasteiger partial charge >= 0.3 is 6.18 Å². The lowest BCUT2D eigenvalue weighted by atomic mass is 10.1. The number of hydrogen-bond donors (Lipinski definition) is 1. The summed E-state index contributed by atoms with van der Waals surface area (Å²) in [5.41, 5.74) is 6.55. The van der Waals surface area contributed by atoms with Crippen molar-refractivity contribution in [1.82, 2.24) is 4.90 Å². The van der Waals surface area contributed by atoms with E-state index < -0.39 is 12.7 Å². The van der Waals surface area contributed by atoms with Crippen LogP contribution in [0.15, 0.2) is 24.3 Å². The summed E-state index contributed by atoms with van der Waals surface area (Å²) in [6.45, 7) is 0.112. The summed E-state index contributed by atoms with van der Waals surface area (Å²) >= 11 is 0. The number of hydrogen-bond acceptors (Lipinski definition) is 3. The number of halogens is 3. The molecule has 0 fully saturated rings. The number of benzene rings is 1. The maximum atomic E-state index is 12.1. The highest BCUT2D eigenvalue weighted by molar-refractivity contribution is 5.27. The zero-order valence-electron chi connectivity index (χ0n) is 10.9. The van der Waals surface area contributed by atoms with Gasteiger partial charge in [0, 0.05) is 6.54 Å². The minimum absolute atomic E-state index is 0.225. The van der Waals surface area contributed by atoms with Gasteiger partial charge in [0.25, 0.3) is 0 Å². The predicted octanol–water partition coefficient (Wildman–Crippen LogP) is 2.06. The lowest BCUT2D eigenvalue weighted by Gasteiger charge is -2.18. The number of likely N-dealkylation sites (N-methyl/N-ethyl adjacent to an activating group) is 1. The molecule has 2 N–H and O–H groups in total. The molecule has 0 atom stereocenters. The maximum absolute atomic E-state index is 12.1. The molecule has 6 heteroatoms. The fraction of sp³-hybridized carbons (Fsp3) is 0.538. The van der Waals surface area contributed by atoms with Crippen molar-refractivity contribution in [3.8, 4) is 5.75 Å². The third-order valence-corrected chi connectivity index (χ3v) is 2.55. The molecule has 3 nitrogen and oxygen atoms in total. The van der Waals surface area contributed by atoms with E-state index in [4.69, 9.17) is 10.5 Å². The summed E-state index contributed by atoms with van der Waals surface area (Å²) in [6.07, 6.45) is -3.37. The van der Waals surface area contributed by atoms with Crippen LogP contribution in [0.5, 0.6) is 5.75 Å². The summed E-state index contributed by atoms with van der Waals surface area (Å²) < 4.78 is 41.6. The van der Waals surface area contributed by atoms with Crippen LogP contribution in [0.4, 0.5) is 13.2 Å². The summed E-state index contributed by atoms with van der Waals surface area (Å²) in [4.78, 5) is 1.18. The maximum Gasteiger partial charge on any atom is 0.401 e. The molecule has 0 radical (unpaired) electrons. The molecule has 1 aromatic carbocycles. The van der Waals surface area contributed by atoms with Crippen LogP contribution >= 0.6 is 0 Å². The predicted molar refractivity (Wildman–Crippen MR) is 68.2 cm³/mol. The van der Waals surface area contributed by atoms with E-state index in [1.807, 2.05) is 12.1 Å². The highest BCUT2D eigenvalue weighted by atomic mass is 19.4. The van der Waals surface area contributed by atoms with Gasteiger partial charge in [-0.05, 0) is 37.7 Å². The van der Waals surface area contributed by atoms with E-state index in [0.717, 1.165) is 12.0 Å². The van der Waals surface area contributed by atoms with Crippen LogP contribution < -0.4 is 10.5 Å². The topological polar surface area (TPSA) is 38.5 Å². The average molecular weight is 276 g/mol. The van der Waals surface area contributed by atoms with Gasteiger partial charge in [0.1, 0.15) is 12.4 Å². The Bertz CT molecular complexity index is 365. The van der Waals surface area contributed by atoms with Gasteiger partial charge < -0.3 is 10.5 Å². The van der Waals surface area contributed by atoms with Crippen molar-refractivity contribution in [2.45, 2.75) is 12.6 Å². The highest BCUT2D eigenvalue weighted by Gasteiger charge is 2.28. The molecule has 0 aliphatic heterocycles. The van der Waals surface area contributed by atoms with E-state index in [0.29, 0.717) is 12.3 Å². The Morgan fingerprint density at radius 2 is 1.84 bits per heavy atom. The number of alkyl halides is 3. The molecule has 108 valence electrons. The van der Waals surface area contributed by atoms with Gasteiger partial charge in [0.2, 0.25) is 0 Å². The molecule has 0 aromatic heterocycles. The quantitative estimate of drug-likeness (QED) is 0.828. The first kappa shape index (κ1) is 15.8. The molecule has 0 unspecified atom stereocenters. The highest BCUT2D eigenvalue weighted by Crippen LogP contribution is 2.16. The molecule has 0 bridgehead atoms. The molecule has 0 aliphatic rings. The molecule has 1 rings (SSSR count). The third-order valence-electron chi connectivity index (χ3n) is 2.55. The Labute approximate surface area is 111 Å². The van der Waals surface area contributed by atoms with Gasteiger partial charge in [-0.3, -0.25) is 4.90 Å². The first-order valence-electron chi connectivity index (χ1n) is 6.08. The zero-order valence-corrected chi connectivity index (χ0v) is 10.9. The van der Waals surface area contributed by atoms with E-state index >= 15 is 0 Å². The lowest BCUT2D eigenvalue weighted by Crippen LogP contribution is -2.33. The molecular weight excluding hydrogens is 257 g/mol. The Balaban J connectivity index is 2.29. The normalized spacial score (nSPS) is 11.9. The molecule has 19 heavy (non-hydrogen) atoms. The van der Waals surface area contributed by atoms with Crippen molar-refractivity contribution in [2.24, 2.45) is 5.73 Å². The summed E-state index contributed by atoms with van der Waals surface area (Å²) in [5.74, 6) is 0.654. The Kier molecular flexibility index (Phi) is 6.11. The Hall–Kier alpha value is -1.27. The third kappa shape index (κ3) is 7.03. The molecule has 0 spiro atoms. The van der Waals surface area contributed by atoms with Crippen LogP contribution in [0.1, 0.15) is 5.56 Å². The van der Waals surface area contributed by atoms with Crippen LogP contribution in [-0.2, 0) is 6.42 Å². The number of ether oxygens (including phenoxy) is 1. The first-order chi connectivity index (χ1) is 8.90. The minimum Gasteiger partial charge on any atom is -0.492 e. The van der Waals surface area contributed by atoms with E-state index in [-0.39, 0.29) is 13.2 Å². The largest absolute Gasteiger partial charge is 0.492 e. The van der Waals surface area contributed by atoms with E-state index in [9.17, 15) is 13.2 Å². The minimum atomic E-state index is -4.17. The molecule has 1 aromatic rings. The van der Waals surface area contributed by atoms with Crippen LogP contribution in [-0.4, -0.2) is 44.4 Å².